The molecule has 0 unspecified atom stereocenters. The third-order valence-electron chi connectivity index (χ3n) is 4.02. The molecule has 0 aromatic heterocycles. The maximum atomic E-state index is 12.6. The summed E-state index contributed by atoms with van der Waals surface area (Å²) < 4.78 is 5.34. The molecule has 0 aliphatic carbocycles. The molecule has 0 bridgehead atoms. The second kappa shape index (κ2) is 7.04. The number of hydrogen-bond donors (Lipinski definition) is 1. The van der Waals surface area contributed by atoms with Crippen LogP contribution in [-0.2, 0) is 11.2 Å². The quantitative estimate of drug-likeness (QED) is 0.906. The van der Waals surface area contributed by atoms with Gasteiger partial charge in [-0.25, -0.2) is 4.79 Å². The van der Waals surface area contributed by atoms with Gasteiger partial charge < -0.3 is 19.6 Å². The molecular weight excluding hydrogens is 320 g/mol. The van der Waals surface area contributed by atoms with Crippen molar-refractivity contribution in [3.8, 4) is 0 Å². The highest BCUT2D eigenvalue weighted by atomic mass is 16.6. The van der Waals surface area contributed by atoms with Gasteiger partial charge in [0.25, 0.3) is 5.91 Å². The second-order valence-corrected chi connectivity index (χ2v) is 7.97. The van der Waals surface area contributed by atoms with Crippen LogP contribution in [0.5, 0.6) is 0 Å². The monoisotopic (exact) mass is 348 g/mol. The lowest BCUT2D eigenvalue weighted by atomic mass is 9.94. The number of likely N-dealkylation sites (tertiary alicyclic amines) is 1. The minimum Gasteiger partial charge on any atom is -0.444 e. The van der Waals surface area contributed by atoms with Gasteiger partial charge in [-0.1, -0.05) is 18.2 Å². The first-order valence-corrected chi connectivity index (χ1v) is 8.52. The summed E-state index contributed by atoms with van der Waals surface area (Å²) in [5.41, 5.74) is 0.180. The van der Waals surface area contributed by atoms with Gasteiger partial charge in [-0.2, -0.15) is 0 Å². The summed E-state index contributed by atoms with van der Waals surface area (Å²) in [6.45, 7) is 8.35. The number of benzene rings is 1. The van der Waals surface area contributed by atoms with E-state index in [2.05, 4.69) is 0 Å². The largest absolute Gasteiger partial charge is 0.444 e. The average Bonchev–Trinajstić information content (AvgIpc) is 2.48. The Hall–Kier alpha value is -2.08. The molecule has 6 nitrogen and oxygen atoms in total. The maximum Gasteiger partial charge on any atom is 0.410 e. The van der Waals surface area contributed by atoms with Crippen LogP contribution in [0.3, 0.4) is 0 Å². The van der Waals surface area contributed by atoms with Crippen LogP contribution in [0.15, 0.2) is 24.3 Å². The van der Waals surface area contributed by atoms with Crippen molar-refractivity contribution in [3.63, 3.8) is 0 Å². The Morgan fingerprint density at radius 3 is 2.44 bits per heavy atom. The van der Waals surface area contributed by atoms with Crippen LogP contribution in [0.25, 0.3) is 0 Å². The van der Waals surface area contributed by atoms with Gasteiger partial charge in [0.15, 0.2) is 0 Å². The molecule has 25 heavy (non-hydrogen) atoms. The van der Waals surface area contributed by atoms with Crippen molar-refractivity contribution in [3.05, 3.63) is 35.4 Å². The molecule has 0 radical (unpaired) electrons. The zero-order valence-electron chi connectivity index (χ0n) is 15.7. The Kier molecular flexibility index (Phi) is 5.42. The van der Waals surface area contributed by atoms with Gasteiger partial charge in [0.05, 0.1) is 18.7 Å². The van der Waals surface area contributed by atoms with Crippen LogP contribution in [0.4, 0.5) is 4.79 Å². The highest BCUT2D eigenvalue weighted by Crippen LogP contribution is 2.23. The molecule has 2 amide bonds. The van der Waals surface area contributed by atoms with Crippen LogP contribution in [0.1, 0.15) is 43.6 Å². The van der Waals surface area contributed by atoms with Crippen LogP contribution in [-0.4, -0.2) is 64.8 Å². The Balaban J connectivity index is 1.99. The SMILES string of the molecule is CN(CCc1ccccc1C(=O)N1CC(C)(O)C1)C(=O)OC(C)(C)C. The van der Waals surface area contributed by atoms with Crippen LogP contribution >= 0.6 is 0 Å². The lowest BCUT2D eigenvalue weighted by Crippen LogP contribution is -2.61. The molecule has 1 aliphatic heterocycles. The van der Waals surface area contributed by atoms with E-state index >= 15 is 0 Å². The van der Waals surface area contributed by atoms with E-state index in [0.717, 1.165) is 5.56 Å². The fraction of sp³-hybridized carbons (Fsp3) is 0.579. The molecular formula is C19H28N2O4. The fourth-order valence-corrected chi connectivity index (χ4v) is 2.76. The van der Waals surface area contributed by atoms with Crippen molar-refractivity contribution in [1.29, 1.82) is 0 Å². The fourth-order valence-electron chi connectivity index (χ4n) is 2.76. The number of ether oxygens (including phenoxy) is 1. The molecule has 2 rings (SSSR count). The van der Waals surface area contributed by atoms with E-state index in [0.29, 0.717) is 31.6 Å². The number of rotatable bonds is 4. The first-order chi connectivity index (χ1) is 11.5. The highest BCUT2D eigenvalue weighted by Gasteiger charge is 2.40. The maximum absolute atomic E-state index is 12.6. The molecule has 0 spiro atoms. The molecule has 0 saturated carbocycles. The van der Waals surface area contributed by atoms with Crippen molar-refractivity contribution in [1.82, 2.24) is 9.80 Å². The van der Waals surface area contributed by atoms with Crippen LogP contribution in [0.2, 0.25) is 0 Å². The summed E-state index contributed by atoms with van der Waals surface area (Å²) in [5.74, 6) is -0.0814. The summed E-state index contributed by atoms with van der Waals surface area (Å²) >= 11 is 0. The van der Waals surface area contributed by atoms with Crippen molar-refractivity contribution >= 4 is 12.0 Å². The van der Waals surface area contributed by atoms with E-state index in [9.17, 15) is 14.7 Å². The first kappa shape index (κ1) is 19.2. The predicted molar refractivity (Wildman–Crippen MR) is 95.5 cm³/mol. The van der Waals surface area contributed by atoms with Crippen molar-refractivity contribution in [2.45, 2.75) is 45.3 Å². The molecule has 1 saturated heterocycles. The number of carbonyl (C=O) groups is 2. The molecule has 1 aromatic rings. The Morgan fingerprint density at radius 2 is 1.88 bits per heavy atom. The number of nitrogens with zero attached hydrogens (tertiary/aromatic N) is 2. The number of β-amino-alcohol motifs (C(OH)–C–C–N with tert-alkyl or cyclic N) is 1. The summed E-state index contributed by atoms with van der Waals surface area (Å²) in [5, 5.41) is 9.83. The molecule has 1 fully saturated rings. The van der Waals surface area contributed by atoms with Gasteiger partial charge in [0.1, 0.15) is 5.60 Å². The van der Waals surface area contributed by atoms with Crippen LogP contribution in [0, 0.1) is 0 Å². The summed E-state index contributed by atoms with van der Waals surface area (Å²) in [6.07, 6.45) is 0.178. The molecule has 6 heteroatoms. The van der Waals surface area contributed by atoms with E-state index in [1.807, 2.05) is 39.0 Å². The number of amides is 2. The molecule has 1 heterocycles. The zero-order chi connectivity index (χ0) is 18.8. The van der Waals surface area contributed by atoms with Crippen molar-refractivity contribution in [2.75, 3.05) is 26.7 Å². The Labute approximate surface area is 149 Å². The summed E-state index contributed by atoms with van der Waals surface area (Å²) in [6, 6.07) is 7.39. The van der Waals surface area contributed by atoms with E-state index in [1.165, 1.54) is 4.90 Å². The number of likely N-dealkylation sites (N-methyl/N-ethyl adjacent to an activating group) is 1. The molecule has 138 valence electrons. The Morgan fingerprint density at radius 1 is 1.28 bits per heavy atom. The standard InChI is InChI=1S/C19H28N2O4/c1-18(2,3)25-17(23)20(5)11-10-14-8-6-7-9-15(14)16(22)21-12-19(4,24)13-21/h6-9,24H,10-13H2,1-5H3. The highest BCUT2D eigenvalue weighted by molar-refractivity contribution is 5.96. The molecule has 1 N–H and O–H groups in total. The van der Waals surface area contributed by atoms with Gasteiger partial charge >= 0.3 is 6.09 Å². The van der Waals surface area contributed by atoms with E-state index in [1.54, 1.807) is 24.9 Å². The summed E-state index contributed by atoms with van der Waals surface area (Å²) in [4.78, 5) is 27.8. The summed E-state index contributed by atoms with van der Waals surface area (Å²) in [7, 11) is 1.69. The average molecular weight is 348 g/mol. The smallest absolute Gasteiger partial charge is 0.410 e. The molecule has 1 aliphatic rings. The Bertz CT molecular complexity index is 641. The third kappa shape index (κ3) is 5.19. The van der Waals surface area contributed by atoms with E-state index < -0.39 is 11.2 Å². The number of aliphatic hydroxyl groups is 1. The van der Waals surface area contributed by atoms with E-state index in [4.69, 9.17) is 4.74 Å². The second-order valence-electron chi connectivity index (χ2n) is 7.97. The number of carbonyl (C=O) groups excluding carboxylic acids is 2. The van der Waals surface area contributed by atoms with Gasteiger partial charge in [-0.3, -0.25) is 4.79 Å². The minimum absolute atomic E-state index is 0.0814. The van der Waals surface area contributed by atoms with Crippen LogP contribution < -0.4 is 0 Å². The minimum atomic E-state index is -0.790. The lowest BCUT2D eigenvalue weighted by Gasteiger charge is -2.44. The predicted octanol–water partition coefficient (Wildman–Crippen LogP) is 2.30. The zero-order valence-corrected chi connectivity index (χ0v) is 15.7. The molecule has 1 aromatic carbocycles. The van der Waals surface area contributed by atoms with E-state index in [-0.39, 0.29) is 12.0 Å². The van der Waals surface area contributed by atoms with Gasteiger partial charge in [0.2, 0.25) is 0 Å². The topological polar surface area (TPSA) is 70.1 Å². The number of hydrogen-bond acceptors (Lipinski definition) is 4. The van der Waals surface area contributed by atoms with Crippen molar-refractivity contribution in [2.24, 2.45) is 0 Å². The lowest BCUT2D eigenvalue weighted by molar-refractivity contribution is -0.0669. The third-order valence-corrected chi connectivity index (χ3v) is 4.02. The van der Waals surface area contributed by atoms with Gasteiger partial charge in [-0.05, 0) is 45.7 Å². The first-order valence-electron chi connectivity index (χ1n) is 8.52. The molecule has 0 atom stereocenters. The van der Waals surface area contributed by atoms with Gasteiger partial charge in [-0.15, -0.1) is 0 Å². The normalized spacial score (nSPS) is 16.2. The van der Waals surface area contributed by atoms with Crippen molar-refractivity contribution < 1.29 is 19.4 Å². The van der Waals surface area contributed by atoms with Gasteiger partial charge in [0, 0.05) is 19.2 Å².